The predicted octanol–water partition coefficient (Wildman–Crippen LogP) is 4.64. The van der Waals surface area contributed by atoms with E-state index >= 15 is 0 Å². The monoisotopic (exact) mass is 390 g/mol. The second-order valence-electron chi connectivity index (χ2n) is 8.65. The number of rotatable bonds is 3. The molecule has 0 saturated carbocycles. The van der Waals surface area contributed by atoms with Crippen LogP contribution in [-0.4, -0.2) is 47.7 Å². The van der Waals surface area contributed by atoms with Gasteiger partial charge in [0.15, 0.2) is 0 Å². The molecule has 2 unspecified atom stereocenters. The molecule has 0 aliphatic carbocycles. The van der Waals surface area contributed by atoms with Gasteiger partial charge in [-0.15, -0.1) is 0 Å². The average Bonchev–Trinajstić information content (AvgIpc) is 2.79. The molecule has 4 nitrogen and oxygen atoms in total. The van der Waals surface area contributed by atoms with Gasteiger partial charge < -0.3 is 4.74 Å². The van der Waals surface area contributed by atoms with E-state index in [0.29, 0.717) is 18.5 Å². The Morgan fingerprint density at radius 3 is 2.48 bits per heavy atom. The highest BCUT2D eigenvalue weighted by molar-refractivity contribution is 5.70. The van der Waals surface area contributed by atoms with Gasteiger partial charge in [0.2, 0.25) is 0 Å². The fourth-order valence-electron chi connectivity index (χ4n) is 5.71. The lowest BCUT2D eigenvalue weighted by Crippen LogP contribution is -2.59. The summed E-state index contributed by atoms with van der Waals surface area (Å²) in [4.78, 5) is 18.0. The van der Waals surface area contributed by atoms with Crippen LogP contribution in [0.5, 0.6) is 0 Å². The number of nitrogens with zero attached hydrogens (tertiary/aromatic N) is 2. The standard InChI is InChI=1S/C25H30N2O2/c1-2-22-24(20-12-15-26(22)16-13-20)29-25(28)27-17-14-18-8-6-7-11-21(18)23(27)19-9-4-3-5-10-19/h3-11,20,22-24H,2,12-17H2,1H3/t22?,23-,24?/m0/s1. The van der Waals surface area contributed by atoms with Crippen LogP contribution in [-0.2, 0) is 11.2 Å². The van der Waals surface area contributed by atoms with E-state index in [-0.39, 0.29) is 18.2 Å². The molecule has 4 aliphatic rings. The van der Waals surface area contributed by atoms with Gasteiger partial charge in [-0.05, 0) is 55.5 Å². The molecule has 3 atom stereocenters. The summed E-state index contributed by atoms with van der Waals surface area (Å²) in [6, 6.07) is 19.2. The van der Waals surface area contributed by atoms with Crippen molar-refractivity contribution in [3.8, 4) is 0 Å². The molecule has 152 valence electrons. The third kappa shape index (κ3) is 3.33. The normalized spacial score (nSPS) is 30.7. The predicted molar refractivity (Wildman–Crippen MR) is 114 cm³/mol. The SMILES string of the molecule is CCC1C(OC(=O)N2CCc3ccccc3[C@@H]2c2ccccc2)C2CCN1CC2. The number of carbonyl (C=O) groups is 1. The lowest BCUT2D eigenvalue weighted by atomic mass is 9.79. The fraction of sp³-hybridized carbons (Fsp3) is 0.480. The molecular weight excluding hydrogens is 360 g/mol. The second-order valence-corrected chi connectivity index (χ2v) is 8.65. The Balaban J connectivity index is 1.44. The summed E-state index contributed by atoms with van der Waals surface area (Å²) in [6.45, 7) is 5.23. The van der Waals surface area contributed by atoms with E-state index < -0.39 is 0 Å². The summed E-state index contributed by atoms with van der Waals surface area (Å²) in [6.07, 6.45) is 4.11. The molecule has 0 N–H and O–H groups in total. The van der Waals surface area contributed by atoms with Crippen molar-refractivity contribution in [2.75, 3.05) is 19.6 Å². The number of carbonyl (C=O) groups excluding carboxylic acids is 1. The van der Waals surface area contributed by atoms with Crippen molar-refractivity contribution in [1.82, 2.24) is 9.80 Å². The van der Waals surface area contributed by atoms with Crippen molar-refractivity contribution in [2.24, 2.45) is 5.92 Å². The van der Waals surface area contributed by atoms with E-state index in [4.69, 9.17) is 4.74 Å². The Hall–Kier alpha value is -2.33. The van der Waals surface area contributed by atoms with Crippen molar-refractivity contribution >= 4 is 6.09 Å². The summed E-state index contributed by atoms with van der Waals surface area (Å²) >= 11 is 0. The van der Waals surface area contributed by atoms with Crippen LogP contribution in [0.15, 0.2) is 54.6 Å². The maximum absolute atomic E-state index is 13.5. The highest BCUT2D eigenvalue weighted by atomic mass is 16.6. The molecule has 3 saturated heterocycles. The largest absolute Gasteiger partial charge is 0.444 e. The van der Waals surface area contributed by atoms with Crippen molar-refractivity contribution in [3.63, 3.8) is 0 Å². The van der Waals surface area contributed by atoms with Crippen LogP contribution < -0.4 is 0 Å². The van der Waals surface area contributed by atoms with Crippen LogP contribution in [0.25, 0.3) is 0 Å². The van der Waals surface area contributed by atoms with E-state index in [2.05, 4.69) is 60.4 Å². The topological polar surface area (TPSA) is 32.8 Å². The maximum Gasteiger partial charge on any atom is 0.410 e. The third-order valence-electron chi connectivity index (χ3n) is 7.18. The van der Waals surface area contributed by atoms with Gasteiger partial charge in [0, 0.05) is 18.5 Å². The fourth-order valence-corrected chi connectivity index (χ4v) is 5.71. The Morgan fingerprint density at radius 2 is 1.72 bits per heavy atom. The molecule has 0 aromatic heterocycles. The number of ether oxygens (including phenoxy) is 1. The Bertz CT molecular complexity index is 860. The first-order valence-corrected chi connectivity index (χ1v) is 11.1. The van der Waals surface area contributed by atoms with Gasteiger partial charge in [0.25, 0.3) is 0 Å². The van der Waals surface area contributed by atoms with E-state index in [1.54, 1.807) is 0 Å². The molecule has 0 spiro atoms. The Labute approximate surface area is 173 Å². The zero-order chi connectivity index (χ0) is 19.8. The van der Waals surface area contributed by atoms with E-state index in [1.165, 1.54) is 11.1 Å². The zero-order valence-corrected chi connectivity index (χ0v) is 17.2. The molecule has 4 heteroatoms. The summed E-state index contributed by atoms with van der Waals surface area (Å²) < 4.78 is 6.28. The van der Waals surface area contributed by atoms with Gasteiger partial charge in [0.1, 0.15) is 6.10 Å². The first-order valence-electron chi connectivity index (χ1n) is 11.1. The second kappa shape index (κ2) is 7.83. The average molecular weight is 391 g/mol. The lowest BCUT2D eigenvalue weighted by molar-refractivity contribution is -0.0872. The molecular formula is C25H30N2O2. The van der Waals surface area contributed by atoms with Crippen LogP contribution in [0.4, 0.5) is 4.79 Å². The summed E-state index contributed by atoms with van der Waals surface area (Å²) in [5.41, 5.74) is 3.71. The molecule has 3 fully saturated rings. The lowest BCUT2D eigenvalue weighted by Gasteiger charge is -2.50. The van der Waals surface area contributed by atoms with E-state index in [0.717, 1.165) is 44.3 Å². The minimum Gasteiger partial charge on any atom is -0.444 e. The highest BCUT2D eigenvalue weighted by Crippen LogP contribution is 2.39. The van der Waals surface area contributed by atoms with Gasteiger partial charge in [-0.1, -0.05) is 61.5 Å². The molecule has 6 rings (SSSR count). The Kier molecular flexibility index (Phi) is 5.04. The van der Waals surface area contributed by atoms with Crippen LogP contribution >= 0.6 is 0 Å². The number of hydrogen-bond acceptors (Lipinski definition) is 3. The first kappa shape index (κ1) is 18.7. The van der Waals surface area contributed by atoms with Crippen LogP contribution in [0.2, 0.25) is 0 Å². The summed E-state index contributed by atoms with van der Waals surface area (Å²) in [7, 11) is 0. The zero-order valence-electron chi connectivity index (χ0n) is 17.2. The maximum atomic E-state index is 13.5. The molecule has 1 amide bonds. The number of amides is 1. The van der Waals surface area contributed by atoms with Crippen molar-refractivity contribution in [1.29, 1.82) is 0 Å². The summed E-state index contributed by atoms with van der Waals surface area (Å²) in [5, 5.41) is 0. The molecule has 4 heterocycles. The van der Waals surface area contributed by atoms with Gasteiger partial charge in [-0.3, -0.25) is 9.80 Å². The number of hydrogen-bond donors (Lipinski definition) is 0. The van der Waals surface area contributed by atoms with Crippen molar-refractivity contribution in [2.45, 2.75) is 50.8 Å². The third-order valence-corrected chi connectivity index (χ3v) is 7.18. The van der Waals surface area contributed by atoms with Crippen LogP contribution in [0.3, 0.4) is 0 Å². The molecule has 0 radical (unpaired) electrons. The number of piperidine rings is 3. The number of benzene rings is 2. The van der Waals surface area contributed by atoms with Gasteiger partial charge in [-0.25, -0.2) is 4.79 Å². The molecule has 29 heavy (non-hydrogen) atoms. The van der Waals surface area contributed by atoms with E-state index in [1.807, 2.05) is 11.0 Å². The van der Waals surface area contributed by atoms with Crippen molar-refractivity contribution < 1.29 is 9.53 Å². The van der Waals surface area contributed by atoms with Gasteiger partial charge in [-0.2, -0.15) is 0 Å². The molecule has 2 bridgehead atoms. The quantitative estimate of drug-likeness (QED) is 0.765. The summed E-state index contributed by atoms with van der Waals surface area (Å²) in [5.74, 6) is 0.515. The van der Waals surface area contributed by atoms with Gasteiger partial charge in [0.05, 0.1) is 6.04 Å². The molecule has 4 aliphatic heterocycles. The molecule has 2 aromatic rings. The van der Waals surface area contributed by atoms with Crippen molar-refractivity contribution in [3.05, 3.63) is 71.3 Å². The number of fused-ring (bicyclic) bond motifs is 4. The minimum absolute atomic E-state index is 0.0311. The van der Waals surface area contributed by atoms with Gasteiger partial charge >= 0.3 is 6.09 Å². The first-order chi connectivity index (χ1) is 14.3. The minimum atomic E-state index is -0.148. The van der Waals surface area contributed by atoms with Crippen LogP contribution in [0, 0.1) is 5.92 Å². The van der Waals surface area contributed by atoms with Crippen LogP contribution in [0.1, 0.15) is 48.9 Å². The highest BCUT2D eigenvalue weighted by Gasteiger charge is 2.45. The molecule has 2 aromatic carbocycles. The smallest absolute Gasteiger partial charge is 0.410 e. The van der Waals surface area contributed by atoms with E-state index in [9.17, 15) is 4.79 Å². The Morgan fingerprint density at radius 1 is 1.00 bits per heavy atom.